The Balaban J connectivity index is 0.00000222. The summed E-state index contributed by atoms with van der Waals surface area (Å²) >= 11 is 4.64. The molecule has 0 aliphatic carbocycles. The van der Waals surface area contributed by atoms with Crippen LogP contribution in [-0.4, -0.2) is 49.7 Å². The molecule has 1 unspecified atom stereocenters. The number of anilines is 1. The monoisotopic (exact) mass is 514 g/mol. The lowest BCUT2D eigenvalue weighted by atomic mass is 10.0. The van der Waals surface area contributed by atoms with Crippen LogP contribution in [0.5, 0.6) is 0 Å². The van der Waals surface area contributed by atoms with E-state index in [9.17, 15) is 14.4 Å². The normalized spacial score (nSPS) is 13.3. The molecule has 0 bridgehead atoms. The Morgan fingerprint density at radius 3 is 2.56 bits per heavy atom. The lowest BCUT2D eigenvalue weighted by Gasteiger charge is -2.19. The van der Waals surface area contributed by atoms with Crippen molar-refractivity contribution >= 4 is 40.9 Å². The number of carbonyl (C=O) groups is 3. The molecule has 2 aromatic rings. The average molecular weight is 515 g/mol. The van der Waals surface area contributed by atoms with Crippen molar-refractivity contribution in [3.8, 4) is 0 Å². The molecule has 0 saturated carbocycles. The Kier molecular flexibility index (Phi) is 12.5. The highest BCUT2D eigenvalue weighted by atomic mass is 35.5. The molecule has 9 heteroatoms. The number of rotatable bonds is 9. The van der Waals surface area contributed by atoms with Gasteiger partial charge in [-0.2, -0.15) is 0 Å². The van der Waals surface area contributed by atoms with Crippen molar-refractivity contribution in [1.82, 2.24) is 10.6 Å². The third-order valence-electron chi connectivity index (χ3n) is 5.40. The van der Waals surface area contributed by atoms with Crippen LogP contribution in [0.4, 0.5) is 5.69 Å². The fourth-order valence-corrected chi connectivity index (χ4v) is 3.74. The molecule has 3 N–H and O–H groups in total. The van der Waals surface area contributed by atoms with Gasteiger partial charge in [-0.05, 0) is 50.5 Å². The molecular formula is C27H35ClN4O4. The number of amides is 2. The Labute approximate surface area is 217 Å². The largest absolute Gasteiger partial charge is 0.466 e. The van der Waals surface area contributed by atoms with Gasteiger partial charge in [-0.15, -0.1) is 11.6 Å². The van der Waals surface area contributed by atoms with Gasteiger partial charge in [0.15, 0.2) is 0 Å². The van der Waals surface area contributed by atoms with Gasteiger partial charge in [-0.3, -0.25) is 19.4 Å². The molecular weight excluding hydrogens is 480 g/mol. The molecule has 36 heavy (non-hydrogen) atoms. The lowest BCUT2D eigenvalue weighted by Crippen LogP contribution is -2.39. The zero-order valence-corrected chi connectivity index (χ0v) is 21.9. The second kappa shape index (κ2) is 15.6. The number of nitrogens with zero attached hydrogens (tertiary/aromatic N) is 1. The van der Waals surface area contributed by atoms with Crippen LogP contribution < -0.4 is 16.0 Å². The first-order valence-corrected chi connectivity index (χ1v) is 12.8. The maximum Gasteiger partial charge on any atom is 0.308 e. The standard InChI is InChI=1S/C26H32N4O4.CH3Cl/c1-3-34-25(32)16-22(19-9-6-8-18(2)14-19)30-24(31)17-28-26(33)20-10-7-11-21(15-20)29-23-12-4-5-13-27-23;1-2/h6-11,14-15,22H,3-5,12-13,16-17H2,1-2H3,(H,27,29)(H,28,33)(H,30,31);1H3. The second-order valence-electron chi connectivity index (χ2n) is 8.22. The number of amidine groups is 1. The van der Waals surface area contributed by atoms with E-state index in [1.807, 2.05) is 37.3 Å². The van der Waals surface area contributed by atoms with Crippen LogP contribution in [0.2, 0.25) is 0 Å². The van der Waals surface area contributed by atoms with Crippen molar-refractivity contribution in [3.05, 3.63) is 65.2 Å². The molecule has 2 amide bonds. The lowest BCUT2D eigenvalue weighted by molar-refractivity contribution is -0.143. The quantitative estimate of drug-likeness (QED) is 0.340. The molecule has 1 atom stereocenters. The van der Waals surface area contributed by atoms with Gasteiger partial charge in [-0.25, -0.2) is 0 Å². The van der Waals surface area contributed by atoms with Crippen LogP contribution in [0.3, 0.4) is 0 Å². The zero-order chi connectivity index (χ0) is 26.3. The van der Waals surface area contributed by atoms with Gasteiger partial charge >= 0.3 is 5.97 Å². The molecule has 0 aromatic heterocycles. The minimum absolute atomic E-state index is 0.00851. The maximum atomic E-state index is 12.6. The van der Waals surface area contributed by atoms with Crippen LogP contribution >= 0.6 is 11.6 Å². The number of benzene rings is 2. The molecule has 2 aromatic carbocycles. The van der Waals surface area contributed by atoms with Crippen LogP contribution in [0.1, 0.15) is 60.1 Å². The van der Waals surface area contributed by atoms with Gasteiger partial charge in [0.25, 0.3) is 5.91 Å². The highest BCUT2D eigenvalue weighted by Crippen LogP contribution is 2.19. The molecule has 8 nitrogen and oxygen atoms in total. The number of hydrogen-bond donors (Lipinski definition) is 3. The van der Waals surface area contributed by atoms with Crippen molar-refractivity contribution in [2.45, 2.75) is 45.6 Å². The summed E-state index contributed by atoms with van der Waals surface area (Å²) in [5, 5.41) is 8.76. The number of aryl methyl sites for hydroxylation is 1. The van der Waals surface area contributed by atoms with Crippen molar-refractivity contribution in [2.24, 2.45) is 4.99 Å². The average Bonchev–Trinajstić information content (AvgIpc) is 2.89. The van der Waals surface area contributed by atoms with Crippen molar-refractivity contribution in [1.29, 1.82) is 0 Å². The van der Waals surface area contributed by atoms with E-state index in [1.165, 1.54) is 6.38 Å². The van der Waals surface area contributed by atoms with Crippen molar-refractivity contribution < 1.29 is 19.1 Å². The van der Waals surface area contributed by atoms with Crippen molar-refractivity contribution in [2.75, 3.05) is 31.4 Å². The Morgan fingerprint density at radius 2 is 1.86 bits per heavy atom. The van der Waals surface area contributed by atoms with Gasteiger partial charge < -0.3 is 20.7 Å². The summed E-state index contributed by atoms with van der Waals surface area (Å²) < 4.78 is 5.05. The third-order valence-corrected chi connectivity index (χ3v) is 5.40. The topological polar surface area (TPSA) is 109 Å². The molecule has 1 aliphatic rings. The van der Waals surface area contributed by atoms with E-state index in [1.54, 1.807) is 25.1 Å². The summed E-state index contributed by atoms with van der Waals surface area (Å²) in [7, 11) is 0. The van der Waals surface area contributed by atoms with Crippen LogP contribution in [0, 0.1) is 6.92 Å². The summed E-state index contributed by atoms with van der Waals surface area (Å²) in [5.74, 6) is -0.228. The number of ether oxygens (including phenoxy) is 1. The molecule has 0 radical (unpaired) electrons. The maximum absolute atomic E-state index is 12.6. The SMILES string of the molecule is CCOC(=O)CC(NC(=O)CNC(=O)c1cccc(NC2=NCCCC2)c1)c1cccc(C)c1.CCl. The highest BCUT2D eigenvalue weighted by Gasteiger charge is 2.20. The van der Waals surface area contributed by atoms with Gasteiger partial charge in [0, 0.05) is 30.6 Å². The number of aliphatic imine (C=N–C) groups is 1. The molecule has 1 heterocycles. The predicted molar refractivity (Wildman–Crippen MR) is 144 cm³/mol. The smallest absolute Gasteiger partial charge is 0.308 e. The first-order chi connectivity index (χ1) is 17.4. The number of alkyl halides is 1. The third kappa shape index (κ3) is 9.70. The summed E-state index contributed by atoms with van der Waals surface area (Å²) in [6.07, 6.45) is 4.57. The highest BCUT2D eigenvalue weighted by molar-refractivity contribution is 6.15. The molecule has 0 saturated heterocycles. The van der Waals surface area contributed by atoms with E-state index in [0.717, 1.165) is 48.5 Å². The fraction of sp³-hybridized carbons (Fsp3) is 0.407. The first kappa shape index (κ1) is 28.8. The van der Waals surface area contributed by atoms with E-state index in [0.29, 0.717) is 5.56 Å². The van der Waals surface area contributed by atoms with Crippen LogP contribution in [-0.2, 0) is 14.3 Å². The Hall–Kier alpha value is -3.39. The molecule has 3 rings (SSSR count). The molecule has 0 spiro atoms. The summed E-state index contributed by atoms with van der Waals surface area (Å²) in [6, 6.07) is 14.1. The Bertz CT molecular complexity index is 1060. The fourth-order valence-electron chi connectivity index (χ4n) is 3.74. The van der Waals surface area contributed by atoms with E-state index >= 15 is 0 Å². The number of esters is 1. The predicted octanol–water partition coefficient (Wildman–Crippen LogP) is 4.38. The molecule has 0 fully saturated rings. The van der Waals surface area contributed by atoms with Gasteiger partial charge in [0.2, 0.25) is 5.91 Å². The van der Waals surface area contributed by atoms with E-state index in [2.05, 4.69) is 32.5 Å². The zero-order valence-electron chi connectivity index (χ0n) is 21.1. The summed E-state index contributed by atoms with van der Waals surface area (Å²) in [4.78, 5) is 41.8. The van der Waals surface area contributed by atoms with E-state index in [4.69, 9.17) is 4.74 Å². The number of nitrogens with one attached hydrogen (secondary N) is 3. The summed E-state index contributed by atoms with van der Waals surface area (Å²) in [6.45, 7) is 4.55. The molecule has 194 valence electrons. The van der Waals surface area contributed by atoms with E-state index in [-0.39, 0.29) is 25.5 Å². The van der Waals surface area contributed by atoms with Gasteiger partial charge in [0.1, 0.15) is 5.84 Å². The summed E-state index contributed by atoms with van der Waals surface area (Å²) in [5.41, 5.74) is 3.04. The first-order valence-electron chi connectivity index (χ1n) is 12.0. The van der Waals surface area contributed by atoms with E-state index < -0.39 is 17.9 Å². The van der Waals surface area contributed by atoms with Gasteiger partial charge in [0.05, 0.1) is 25.6 Å². The van der Waals surface area contributed by atoms with Crippen molar-refractivity contribution in [3.63, 3.8) is 0 Å². The number of hydrogen-bond acceptors (Lipinski definition) is 6. The van der Waals surface area contributed by atoms with Gasteiger partial charge in [-0.1, -0.05) is 35.9 Å². The molecule has 1 aliphatic heterocycles. The van der Waals surface area contributed by atoms with Crippen LogP contribution in [0.25, 0.3) is 0 Å². The Morgan fingerprint density at radius 1 is 1.08 bits per heavy atom. The van der Waals surface area contributed by atoms with Crippen LogP contribution in [0.15, 0.2) is 53.5 Å². The second-order valence-corrected chi connectivity index (χ2v) is 8.22. The minimum atomic E-state index is -0.549. The number of halogens is 1. The minimum Gasteiger partial charge on any atom is -0.466 e. The number of carbonyl (C=O) groups excluding carboxylic acids is 3.